The fraction of sp³-hybridized carbons (Fsp3) is 0.154. The van der Waals surface area contributed by atoms with Gasteiger partial charge in [0, 0.05) is 6.20 Å². The molecule has 100 valence electrons. The van der Waals surface area contributed by atoms with Gasteiger partial charge in [-0.25, -0.2) is 5.43 Å². The number of nitrogens with zero attached hydrogens (tertiary/aromatic N) is 1. The molecule has 1 aromatic heterocycles. The highest BCUT2D eigenvalue weighted by atomic mass is 19.4. The van der Waals surface area contributed by atoms with Crippen molar-refractivity contribution in [2.45, 2.75) is 12.2 Å². The fourth-order valence-corrected chi connectivity index (χ4v) is 1.76. The molecule has 2 rings (SSSR count). The average molecular weight is 267 g/mol. The van der Waals surface area contributed by atoms with E-state index < -0.39 is 17.8 Å². The van der Waals surface area contributed by atoms with Crippen molar-refractivity contribution in [2.75, 3.05) is 0 Å². The standard InChI is InChI=1S/C13H12F3N3/c14-13(15,16)10-6-4-9(5-7-10)12(19-17)11-3-1-2-8-18-11/h1-8,12,19H,17H2. The number of hydrogen-bond donors (Lipinski definition) is 2. The van der Waals surface area contributed by atoms with E-state index in [4.69, 9.17) is 5.84 Å². The molecule has 2 aromatic rings. The van der Waals surface area contributed by atoms with E-state index in [1.165, 1.54) is 12.1 Å². The van der Waals surface area contributed by atoms with E-state index in [0.29, 0.717) is 11.3 Å². The Bertz CT molecular complexity index is 523. The summed E-state index contributed by atoms with van der Waals surface area (Å²) in [5.74, 6) is 5.45. The summed E-state index contributed by atoms with van der Waals surface area (Å²) >= 11 is 0. The second kappa shape index (κ2) is 5.38. The Labute approximate surface area is 108 Å². The molecule has 3 N–H and O–H groups in total. The van der Waals surface area contributed by atoms with E-state index in [2.05, 4.69) is 10.4 Å². The summed E-state index contributed by atoms with van der Waals surface area (Å²) in [6.45, 7) is 0. The Morgan fingerprint density at radius 2 is 1.74 bits per heavy atom. The lowest BCUT2D eigenvalue weighted by Gasteiger charge is -2.16. The third kappa shape index (κ3) is 3.10. The first-order valence-electron chi connectivity index (χ1n) is 5.56. The van der Waals surface area contributed by atoms with Crippen LogP contribution in [0.5, 0.6) is 0 Å². The van der Waals surface area contributed by atoms with Gasteiger partial charge in [-0.05, 0) is 29.8 Å². The van der Waals surface area contributed by atoms with Gasteiger partial charge in [0.15, 0.2) is 0 Å². The van der Waals surface area contributed by atoms with Gasteiger partial charge in [-0.15, -0.1) is 0 Å². The fourth-order valence-electron chi connectivity index (χ4n) is 1.76. The van der Waals surface area contributed by atoms with Crippen molar-refractivity contribution < 1.29 is 13.2 Å². The smallest absolute Gasteiger partial charge is 0.271 e. The number of benzene rings is 1. The zero-order chi connectivity index (χ0) is 13.9. The van der Waals surface area contributed by atoms with Crippen molar-refractivity contribution in [3.8, 4) is 0 Å². The Kier molecular flexibility index (Phi) is 3.82. The molecule has 1 atom stereocenters. The lowest BCUT2D eigenvalue weighted by Crippen LogP contribution is -2.29. The van der Waals surface area contributed by atoms with Crippen LogP contribution < -0.4 is 11.3 Å². The molecule has 0 aliphatic rings. The highest BCUT2D eigenvalue weighted by Crippen LogP contribution is 2.30. The highest BCUT2D eigenvalue weighted by Gasteiger charge is 2.30. The predicted molar refractivity (Wildman–Crippen MR) is 64.8 cm³/mol. The van der Waals surface area contributed by atoms with Crippen LogP contribution in [0, 0.1) is 0 Å². The van der Waals surface area contributed by atoms with Crippen LogP contribution in [0.2, 0.25) is 0 Å². The number of aromatic nitrogens is 1. The lowest BCUT2D eigenvalue weighted by atomic mass is 10.0. The molecule has 3 nitrogen and oxygen atoms in total. The highest BCUT2D eigenvalue weighted by molar-refractivity contribution is 5.31. The van der Waals surface area contributed by atoms with Crippen molar-refractivity contribution >= 4 is 0 Å². The maximum Gasteiger partial charge on any atom is 0.416 e. The zero-order valence-corrected chi connectivity index (χ0v) is 9.85. The maximum atomic E-state index is 12.5. The van der Waals surface area contributed by atoms with Crippen LogP contribution in [0.15, 0.2) is 48.7 Å². The van der Waals surface area contributed by atoms with Crippen LogP contribution in [0.4, 0.5) is 13.2 Å². The van der Waals surface area contributed by atoms with E-state index in [1.807, 2.05) is 0 Å². The van der Waals surface area contributed by atoms with E-state index in [9.17, 15) is 13.2 Å². The van der Waals surface area contributed by atoms with E-state index in [1.54, 1.807) is 24.4 Å². The summed E-state index contributed by atoms with van der Waals surface area (Å²) in [6.07, 6.45) is -2.74. The average Bonchev–Trinajstić information content (AvgIpc) is 2.40. The monoisotopic (exact) mass is 267 g/mol. The lowest BCUT2D eigenvalue weighted by molar-refractivity contribution is -0.137. The van der Waals surface area contributed by atoms with Crippen LogP contribution in [-0.4, -0.2) is 4.98 Å². The number of hydrogen-bond acceptors (Lipinski definition) is 3. The molecular weight excluding hydrogens is 255 g/mol. The molecule has 0 aliphatic heterocycles. The number of halogens is 3. The van der Waals surface area contributed by atoms with Crippen LogP contribution >= 0.6 is 0 Å². The van der Waals surface area contributed by atoms with E-state index in [0.717, 1.165) is 12.1 Å². The maximum absolute atomic E-state index is 12.5. The summed E-state index contributed by atoms with van der Waals surface area (Å²) in [5.41, 5.74) is 3.13. The topological polar surface area (TPSA) is 50.9 Å². The SMILES string of the molecule is NNC(c1ccc(C(F)(F)F)cc1)c1ccccn1. The molecule has 0 bridgehead atoms. The molecular formula is C13H12F3N3. The van der Waals surface area contributed by atoms with Gasteiger partial charge in [-0.2, -0.15) is 13.2 Å². The Balaban J connectivity index is 2.30. The van der Waals surface area contributed by atoms with Crippen molar-refractivity contribution in [3.05, 3.63) is 65.5 Å². The molecule has 19 heavy (non-hydrogen) atoms. The summed E-state index contributed by atoms with van der Waals surface area (Å²) in [6, 6.07) is 9.70. The van der Waals surface area contributed by atoms with Crippen molar-refractivity contribution in [1.29, 1.82) is 0 Å². The second-order valence-corrected chi connectivity index (χ2v) is 3.97. The molecule has 0 radical (unpaired) electrons. The number of rotatable bonds is 3. The van der Waals surface area contributed by atoms with Crippen molar-refractivity contribution in [2.24, 2.45) is 5.84 Å². The molecule has 0 saturated carbocycles. The van der Waals surface area contributed by atoms with Crippen LogP contribution in [-0.2, 0) is 6.18 Å². The third-order valence-electron chi connectivity index (χ3n) is 2.72. The molecule has 1 aromatic carbocycles. The van der Waals surface area contributed by atoms with Gasteiger partial charge >= 0.3 is 6.18 Å². The number of alkyl halides is 3. The second-order valence-electron chi connectivity index (χ2n) is 3.97. The van der Waals surface area contributed by atoms with Gasteiger partial charge in [0.25, 0.3) is 0 Å². The molecule has 0 aliphatic carbocycles. The third-order valence-corrected chi connectivity index (χ3v) is 2.72. The van der Waals surface area contributed by atoms with Crippen molar-refractivity contribution in [3.63, 3.8) is 0 Å². The number of nitrogens with one attached hydrogen (secondary N) is 1. The molecule has 1 heterocycles. The number of hydrazine groups is 1. The minimum atomic E-state index is -4.34. The van der Waals surface area contributed by atoms with Crippen LogP contribution in [0.25, 0.3) is 0 Å². The van der Waals surface area contributed by atoms with Gasteiger partial charge < -0.3 is 0 Å². The molecule has 0 amide bonds. The molecule has 0 spiro atoms. The summed E-state index contributed by atoms with van der Waals surface area (Å²) < 4.78 is 37.4. The van der Waals surface area contributed by atoms with Gasteiger partial charge in [0.1, 0.15) is 0 Å². The normalized spacial score (nSPS) is 13.3. The zero-order valence-electron chi connectivity index (χ0n) is 9.85. The van der Waals surface area contributed by atoms with Crippen LogP contribution in [0.1, 0.15) is 22.9 Å². The number of pyridine rings is 1. The first-order valence-corrected chi connectivity index (χ1v) is 5.56. The molecule has 1 unspecified atom stereocenters. The van der Waals surface area contributed by atoms with Crippen molar-refractivity contribution in [1.82, 2.24) is 10.4 Å². The first kappa shape index (κ1) is 13.5. The van der Waals surface area contributed by atoms with Gasteiger partial charge in [0.05, 0.1) is 17.3 Å². The summed E-state index contributed by atoms with van der Waals surface area (Å²) in [5, 5.41) is 0. The Morgan fingerprint density at radius 1 is 1.05 bits per heavy atom. The first-order chi connectivity index (χ1) is 9.02. The van der Waals surface area contributed by atoms with Gasteiger partial charge in [-0.3, -0.25) is 10.8 Å². The molecule has 6 heteroatoms. The predicted octanol–water partition coefficient (Wildman–Crippen LogP) is 2.65. The minimum absolute atomic E-state index is 0.441. The Hall–Kier alpha value is -1.92. The molecule has 0 saturated heterocycles. The van der Waals surface area contributed by atoms with Crippen LogP contribution in [0.3, 0.4) is 0 Å². The number of nitrogens with two attached hydrogens (primary N) is 1. The van der Waals surface area contributed by atoms with Gasteiger partial charge in [0.2, 0.25) is 0 Å². The molecule has 0 fully saturated rings. The Morgan fingerprint density at radius 3 is 2.21 bits per heavy atom. The summed E-state index contributed by atoms with van der Waals surface area (Å²) in [7, 11) is 0. The quantitative estimate of drug-likeness (QED) is 0.664. The van der Waals surface area contributed by atoms with E-state index in [-0.39, 0.29) is 0 Å². The largest absolute Gasteiger partial charge is 0.416 e. The summed E-state index contributed by atoms with van der Waals surface area (Å²) in [4.78, 5) is 4.13. The van der Waals surface area contributed by atoms with E-state index >= 15 is 0 Å². The minimum Gasteiger partial charge on any atom is -0.271 e. The van der Waals surface area contributed by atoms with Gasteiger partial charge in [-0.1, -0.05) is 18.2 Å².